The second kappa shape index (κ2) is 5.64. The molecule has 0 radical (unpaired) electrons. The minimum atomic E-state index is -0.736. The Morgan fingerprint density at radius 1 is 0.958 bits per heavy atom. The zero-order chi connectivity index (χ0) is 16.7. The zero-order valence-corrected chi connectivity index (χ0v) is 13.1. The summed E-state index contributed by atoms with van der Waals surface area (Å²) in [5.41, 5.74) is 4.57. The summed E-state index contributed by atoms with van der Waals surface area (Å²) in [5.74, 6) is -1.44. The molecular weight excluding hydrogens is 302 g/mol. The lowest BCUT2D eigenvalue weighted by atomic mass is 9.79. The minimum absolute atomic E-state index is 0.0515. The standard InChI is InChI=1S/C20H17NO3/c22-18-17(19(23)21-20(18)24)14-10-8-13(9-11-14)16-7-3-5-12-4-1-2-6-15(12)16/h1-2,4,6,8-11,16H,3,5,7H2,(H2,21,22,23,24)/t16-/m0/s1. The number of benzene rings is 2. The van der Waals surface area contributed by atoms with Gasteiger partial charge in [0.2, 0.25) is 0 Å². The highest BCUT2D eigenvalue weighted by atomic mass is 16.3. The van der Waals surface area contributed by atoms with Gasteiger partial charge in [-0.15, -0.1) is 0 Å². The largest absolute Gasteiger partial charge is 0.502 e. The van der Waals surface area contributed by atoms with Crippen LogP contribution in [0, 0.1) is 0 Å². The quantitative estimate of drug-likeness (QED) is 0.836. The maximum Gasteiger partial charge on any atom is 0.293 e. The van der Waals surface area contributed by atoms with Gasteiger partial charge in [-0.2, -0.15) is 0 Å². The molecule has 1 atom stereocenters. The van der Waals surface area contributed by atoms with E-state index in [1.165, 1.54) is 16.7 Å². The molecule has 24 heavy (non-hydrogen) atoms. The monoisotopic (exact) mass is 319 g/mol. The highest BCUT2D eigenvalue weighted by Gasteiger charge is 2.31. The SMILES string of the molecule is O=C1NC(=O)C(c2ccc([C@@H]3CCCc4ccccc43)cc2)=C1O. The van der Waals surface area contributed by atoms with Crippen molar-refractivity contribution in [1.29, 1.82) is 0 Å². The number of hydrogen-bond donors (Lipinski definition) is 2. The number of fused-ring (bicyclic) bond motifs is 1. The van der Waals surface area contributed by atoms with Crippen LogP contribution in [0.3, 0.4) is 0 Å². The molecule has 2 amide bonds. The van der Waals surface area contributed by atoms with Crippen molar-refractivity contribution in [3.63, 3.8) is 0 Å². The number of hydrogen-bond acceptors (Lipinski definition) is 3. The first kappa shape index (κ1) is 14.7. The summed E-state index contributed by atoms with van der Waals surface area (Å²) < 4.78 is 0. The van der Waals surface area contributed by atoms with Gasteiger partial charge < -0.3 is 5.11 Å². The summed E-state index contributed by atoms with van der Waals surface area (Å²) in [6.07, 6.45) is 3.38. The number of imide groups is 1. The predicted octanol–water partition coefficient (Wildman–Crippen LogP) is 3.08. The molecule has 1 aliphatic heterocycles. The molecule has 0 spiro atoms. The van der Waals surface area contributed by atoms with Crippen LogP contribution in [0.25, 0.3) is 5.57 Å². The van der Waals surface area contributed by atoms with Crippen molar-refractivity contribution in [1.82, 2.24) is 5.32 Å². The maximum atomic E-state index is 11.8. The minimum Gasteiger partial charge on any atom is -0.502 e. The van der Waals surface area contributed by atoms with Crippen LogP contribution in [-0.2, 0) is 16.0 Å². The van der Waals surface area contributed by atoms with Gasteiger partial charge in [0.25, 0.3) is 11.8 Å². The van der Waals surface area contributed by atoms with Crippen LogP contribution in [0.1, 0.15) is 41.0 Å². The van der Waals surface area contributed by atoms with Gasteiger partial charge in [-0.3, -0.25) is 14.9 Å². The third-order valence-corrected chi connectivity index (χ3v) is 4.88. The summed E-state index contributed by atoms with van der Waals surface area (Å²) >= 11 is 0. The molecule has 4 nitrogen and oxygen atoms in total. The molecule has 2 aliphatic rings. The Morgan fingerprint density at radius 3 is 2.42 bits per heavy atom. The van der Waals surface area contributed by atoms with Crippen LogP contribution in [0.15, 0.2) is 54.3 Å². The number of carbonyl (C=O) groups is 2. The van der Waals surface area contributed by atoms with Crippen molar-refractivity contribution >= 4 is 17.4 Å². The van der Waals surface area contributed by atoms with E-state index in [0.29, 0.717) is 11.5 Å². The van der Waals surface area contributed by atoms with Gasteiger partial charge in [-0.05, 0) is 41.5 Å². The van der Waals surface area contributed by atoms with Crippen LogP contribution in [0.4, 0.5) is 0 Å². The second-order valence-corrected chi connectivity index (χ2v) is 6.27. The molecule has 4 heteroatoms. The Hall–Kier alpha value is -2.88. The molecule has 2 aromatic carbocycles. The van der Waals surface area contributed by atoms with Crippen LogP contribution < -0.4 is 5.32 Å². The first-order chi connectivity index (χ1) is 11.6. The van der Waals surface area contributed by atoms with Crippen LogP contribution in [0.2, 0.25) is 0 Å². The van der Waals surface area contributed by atoms with Gasteiger partial charge in [0.15, 0.2) is 5.76 Å². The molecule has 120 valence electrons. The van der Waals surface area contributed by atoms with E-state index in [1.807, 2.05) is 12.1 Å². The molecule has 1 aliphatic carbocycles. The van der Waals surface area contributed by atoms with Crippen molar-refractivity contribution in [2.75, 3.05) is 0 Å². The van der Waals surface area contributed by atoms with Crippen molar-refractivity contribution in [2.45, 2.75) is 25.2 Å². The Labute approximate surface area is 139 Å². The molecule has 0 unspecified atom stereocenters. The van der Waals surface area contributed by atoms with E-state index in [-0.39, 0.29) is 5.57 Å². The van der Waals surface area contributed by atoms with E-state index in [0.717, 1.165) is 19.3 Å². The highest BCUT2D eigenvalue weighted by molar-refractivity contribution is 6.35. The third kappa shape index (κ3) is 2.31. The topological polar surface area (TPSA) is 66.4 Å². The molecule has 0 saturated carbocycles. The highest BCUT2D eigenvalue weighted by Crippen LogP contribution is 2.37. The molecule has 4 rings (SSSR count). The fourth-order valence-electron chi connectivity index (χ4n) is 3.70. The Kier molecular flexibility index (Phi) is 3.45. The number of aliphatic hydroxyl groups is 1. The number of amides is 2. The van der Waals surface area contributed by atoms with Gasteiger partial charge in [0.1, 0.15) is 0 Å². The van der Waals surface area contributed by atoms with Crippen LogP contribution in [-0.4, -0.2) is 16.9 Å². The fourth-order valence-corrected chi connectivity index (χ4v) is 3.70. The predicted molar refractivity (Wildman–Crippen MR) is 90.4 cm³/mol. The maximum absolute atomic E-state index is 11.8. The lowest BCUT2D eigenvalue weighted by Gasteiger charge is -2.26. The van der Waals surface area contributed by atoms with Crippen molar-refractivity contribution in [3.05, 3.63) is 76.5 Å². The number of nitrogens with one attached hydrogen (secondary N) is 1. The number of aryl methyl sites for hydroxylation is 1. The van der Waals surface area contributed by atoms with E-state index in [2.05, 4.69) is 29.6 Å². The third-order valence-electron chi connectivity index (χ3n) is 4.88. The average Bonchev–Trinajstić information content (AvgIpc) is 2.87. The van der Waals surface area contributed by atoms with E-state index in [4.69, 9.17) is 0 Å². The van der Waals surface area contributed by atoms with Gasteiger partial charge in [0.05, 0.1) is 5.57 Å². The van der Waals surface area contributed by atoms with Crippen molar-refractivity contribution < 1.29 is 14.7 Å². The number of carbonyl (C=O) groups excluding carboxylic acids is 2. The Morgan fingerprint density at radius 2 is 1.71 bits per heavy atom. The van der Waals surface area contributed by atoms with E-state index < -0.39 is 17.6 Å². The van der Waals surface area contributed by atoms with Crippen molar-refractivity contribution in [3.8, 4) is 0 Å². The first-order valence-electron chi connectivity index (χ1n) is 8.12. The van der Waals surface area contributed by atoms with E-state index in [1.54, 1.807) is 12.1 Å². The Balaban J connectivity index is 1.69. The fraction of sp³-hybridized carbons (Fsp3) is 0.200. The average molecular weight is 319 g/mol. The van der Waals surface area contributed by atoms with Crippen LogP contribution in [0.5, 0.6) is 0 Å². The summed E-state index contributed by atoms with van der Waals surface area (Å²) in [5, 5.41) is 11.9. The summed E-state index contributed by atoms with van der Waals surface area (Å²) in [7, 11) is 0. The van der Waals surface area contributed by atoms with Crippen molar-refractivity contribution in [2.24, 2.45) is 0 Å². The molecule has 1 heterocycles. The van der Waals surface area contributed by atoms with E-state index >= 15 is 0 Å². The molecule has 0 fully saturated rings. The lowest BCUT2D eigenvalue weighted by molar-refractivity contribution is -0.124. The van der Waals surface area contributed by atoms with E-state index in [9.17, 15) is 14.7 Å². The van der Waals surface area contributed by atoms with Gasteiger partial charge in [-0.25, -0.2) is 0 Å². The summed E-state index contributed by atoms with van der Waals surface area (Å²) in [6, 6.07) is 16.1. The van der Waals surface area contributed by atoms with Gasteiger partial charge >= 0.3 is 0 Å². The number of rotatable bonds is 2. The second-order valence-electron chi connectivity index (χ2n) is 6.27. The number of aliphatic hydroxyl groups excluding tert-OH is 1. The Bertz CT molecular complexity index is 865. The summed E-state index contributed by atoms with van der Waals surface area (Å²) in [4.78, 5) is 23.2. The molecular formula is C20H17NO3. The molecule has 0 saturated heterocycles. The lowest BCUT2D eigenvalue weighted by Crippen LogP contribution is -2.22. The molecule has 2 aromatic rings. The van der Waals surface area contributed by atoms with Crippen LogP contribution >= 0.6 is 0 Å². The molecule has 0 bridgehead atoms. The molecule has 0 aromatic heterocycles. The smallest absolute Gasteiger partial charge is 0.293 e. The summed E-state index contributed by atoms with van der Waals surface area (Å²) in [6.45, 7) is 0. The first-order valence-corrected chi connectivity index (χ1v) is 8.12. The normalized spacial score (nSPS) is 20.1. The molecule has 2 N–H and O–H groups in total. The van der Waals surface area contributed by atoms with Gasteiger partial charge in [0, 0.05) is 5.92 Å². The van der Waals surface area contributed by atoms with Gasteiger partial charge in [-0.1, -0.05) is 48.5 Å². The zero-order valence-electron chi connectivity index (χ0n) is 13.1.